The Bertz CT molecular complexity index is 1490. The van der Waals surface area contributed by atoms with Gasteiger partial charge in [0.05, 0.1) is 5.52 Å². The Balaban J connectivity index is 1.12. The number of benzene rings is 1. The second-order valence-electron chi connectivity index (χ2n) is 11.3. The minimum Gasteiger partial charge on any atom is -0.333 e. The number of aromatic nitrogens is 3. The van der Waals surface area contributed by atoms with Crippen molar-refractivity contribution < 1.29 is 18.4 Å². The Hall–Kier alpha value is -4.00. The molecule has 0 aliphatic carbocycles. The molecular weight excluding hydrogens is 534 g/mol. The molecule has 5 heterocycles. The number of nitrogens with one attached hydrogen (secondary N) is 2. The van der Waals surface area contributed by atoms with Gasteiger partial charge in [0.25, 0.3) is 0 Å². The van der Waals surface area contributed by atoms with E-state index in [9.17, 15) is 23.2 Å². The van der Waals surface area contributed by atoms with Gasteiger partial charge in [0, 0.05) is 69.5 Å². The van der Waals surface area contributed by atoms with Gasteiger partial charge in [-0.25, -0.2) is 28.1 Å². The van der Waals surface area contributed by atoms with Crippen molar-refractivity contribution >= 4 is 23.2 Å². The third-order valence-electron chi connectivity index (χ3n) is 8.55. The van der Waals surface area contributed by atoms with Crippen molar-refractivity contribution in [1.82, 2.24) is 34.6 Å². The van der Waals surface area contributed by atoms with Crippen LogP contribution in [-0.4, -0.2) is 92.6 Å². The lowest BCUT2D eigenvalue weighted by Crippen LogP contribution is -2.62. The predicted octanol–water partition coefficient (Wildman–Crippen LogP) is 2.36. The average molecular weight is 569 g/mol. The number of amides is 4. The van der Waals surface area contributed by atoms with Crippen molar-refractivity contribution in [3.63, 3.8) is 0 Å². The molecule has 4 amide bonds. The number of fused-ring (bicyclic) bond motifs is 1. The van der Waals surface area contributed by atoms with Crippen molar-refractivity contribution in [3.05, 3.63) is 64.2 Å². The summed E-state index contributed by atoms with van der Waals surface area (Å²) in [6.45, 7) is 2.29. The van der Waals surface area contributed by atoms with E-state index in [1.807, 2.05) is 6.07 Å². The molecule has 6 rings (SSSR count). The van der Waals surface area contributed by atoms with E-state index < -0.39 is 17.6 Å². The number of imidazole rings is 1. The maximum atomic E-state index is 14.7. The number of nitrogens with two attached hydrogens (primary N) is 1. The lowest BCUT2D eigenvalue weighted by atomic mass is 9.93. The number of nitrogens with zero attached hydrogens (tertiary/aromatic N) is 5. The highest BCUT2D eigenvalue weighted by molar-refractivity contribution is 5.77. The summed E-state index contributed by atoms with van der Waals surface area (Å²) in [5.41, 5.74) is 7.20. The van der Waals surface area contributed by atoms with Crippen molar-refractivity contribution in [1.29, 1.82) is 0 Å². The van der Waals surface area contributed by atoms with E-state index in [2.05, 4.69) is 15.3 Å². The Kier molecular flexibility index (Phi) is 7.37. The Morgan fingerprint density at radius 1 is 0.951 bits per heavy atom. The third kappa shape index (κ3) is 5.37. The number of hydrogen-bond donors (Lipinski definition) is 3. The molecule has 0 saturated carbocycles. The fraction of sp³-hybridized carbons (Fsp3) is 0.500. The second-order valence-corrected chi connectivity index (χ2v) is 11.3. The van der Waals surface area contributed by atoms with Gasteiger partial charge in [-0.3, -0.25) is 9.55 Å². The Morgan fingerprint density at radius 2 is 1.71 bits per heavy atom. The Morgan fingerprint density at radius 3 is 2.46 bits per heavy atom. The first-order valence-corrected chi connectivity index (χ1v) is 14.1. The molecular formula is C28H34F2N8O3. The largest absolute Gasteiger partial charge is 0.333 e. The molecule has 2 atom stereocenters. The minimum atomic E-state index is -0.919. The van der Waals surface area contributed by atoms with Crippen LogP contribution in [0.4, 0.5) is 18.4 Å². The van der Waals surface area contributed by atoms with Gasteiger partial charge in [0.15, 0.2) is 17.3 Å². The maximum Gasteiger partial charge on any atom is 0.327 e. The zero-order valence-corrected chi connectivity index (χ0v) is 22.6. The monoisotopic (exact) mass is 568 g/mol. The molecule has 0 unspecified atom stereocenters. The smallest absolute Gasteiger partial charge is 0.327 e. The van der Waals surface area contributed by atoms with Gasteiger partial charge in [0.2, 0.25) is 0 Å². The quantitative estimate of drug-likeness (QED) is 0.446. The molecule has 3 fully saturated rings. The summed E-state index contributed by atoms with van der Waals surface area (Å²) < 4.78 is 30.5. The SMILES string of the molecule is NC1CN(C(=O)N2C[C@H](NC(=O)N3CCC(n4c(=O)[nH]c5ncccc54)CC3)CC[C@@H](c3cccc(F)c3F)C2)C1. The number of pyridine rings is 1. The van der Waals surface area contributed by atoms with Crippen molar-refractivity contribution in [2.75, 3.05) is 39.3 Å². The van der Waals surface area contributed by atoms with Crippen LogP contribution in [0.25, 0.3) is 11.2 Å². The minimum absolute atomic E-state index is 0.0553. The Labute approximate surface area is 235 Å². The molecule has 3 aliphatic rings. The molecule has 0 bridgehead atoms. The van der Waals surface area contributed by atoms with Crippen molar-refractivity contribution in [2.24, 2.45) is 5.73 Å². The first kappa shape index (κ1) is 27.2. The van der Waals surface area contributed by atoms with Crippen molar-refractivity contribution in [3.8, 4) is 0 Å². The molecule has 4 N–H and O–H groups in total. The molecule has 0 spiro atoms. The van der Waals surface area contributed by atoms with E-state index in [1.54, 1.807) is 37.6 Å². The summed E-state index contributed by atoms with van der Waals surface area (Å²) >= 11 is 0. The summed E-state index contributed by atoms with van der Waals surface area (Å²) in [6.07, 6.45) is 3.84. The van der Waals surface area contributed by atoms with Gasteiger partial charge in [-0.2, -0.15) is 0 Å². The van der Waals surface area contributed by atoms with Crippen LogP contribution < -0.4 is 16.7 Å². The molecule has 3 aliphatic heterocycles. The standard InChI is InChI=1S/C28H34F2N8O3/c29-22-4-1-3-21(24(22)30)17-6-7-19(16-36(13-17)28(41)37-14-18(31)15-37)33-26(39)35-11-8-20(9-12-35)38-23-5-2-10-32-25(23)34-27(38)40/h1-5,10,17-20H,6-9,11-16,31H2,(H,33,39)(H,32,34,40)/t17-,19-/m1/s1. The maximum absolute atomic E-state index is 14.7. The average Bonchev–Trinajstić information content (AvgIpc) is 3.14. The van der Waals surface area contributed by atoms with Gasteiger partial charge in [-0.15, -0.1) is 0 Å². The van der Waals surface area contributed by atoms with Crippen LogP contribution >= 0.6 is 0 Å². The number of rotatable bonds is 3. The van der Waals surface area contributed by atoms with Gasteiger partial charge in [0.1, 0.15) is 0 Å². The number of carbonyl (C=O) groups is 2. The summed E-state index contributed by atoms with van der Waals surface area (Å²) in [4.78, 5) is 51.2. The van der Waals surface area contributed by atoms with Crippen LogP contribution in [0, 0.1) is 11.6 Å². The molecule has 41 heavy (non-hydrogen) atoms. The topological polar surface area (TPSA) is 133 Å². The number of urea groups is 2. The highest BCUT2D eigenvalue weighted by Gasteiger charge is 2.36. The van der Waals surface area contributed by atoms with Crippen LogP contribution in [0.3, 0.4) is 0 Å². The van der Waals surface area contributed by atoms with Gasteiger partial charge < -0.3 is 25.8 Å². The van der Waals surface area contributed by atoms with Crippen LogP contribution in [0.1, 0.15) is 43.2 Å². The lowest BCUT2D eigenvalue weighted by Gasteiger charge is -2.41. The molecule has 3 aromatic rings. The van der Waals surface area contributed by atoms with E-state index in [0.29, 0.717) is 57.5 Å². The number of H-pyrrole nitrogens is 1. The van der Waals surface area contributed by atoms with Gasteiger partial charge in [-0.05, 0) is 49.4 Å². The second kappa shape index (κ2) is 11.1. The first-order chi connectivity index (χ1) is 19.8. The highest BCUT2D eigenvalue weighted by atomic mass is 19.2. The summed E-state index contributed by atoms with van der Waals surface area (Å²) in [7, 11) is 0. The van der Waals surface area contributed by atoms with E-state index in [1.165, 1.54) is 6.07 Å². The van der Waals surface area contributed by atoms with E-state index >= 15 is 0 Å². The number of hydrogen-bond acceptors (Lipinski definition) is 5. The first-order valence-electron chi connectivity index (χ1n) is 14.1. The number of aromatic amines is 1. The number of halogens is 2. The zero-order chi connectivity index (χ0) is 28.7. The molecule has 2 aromatic heterocycles. The molecule has 1 aromatic carbocycles. The molecule has 13 heteroatoms. The fourth-order valence-electron chi connectivity index (χ4n) is 6.34. The van der Waals surface area contributed by atoms with Crippen molar-refractivity contribution in [2.45, 2.75) is 49.7 Å². The zero-order valence-electron chi connectivity index (χ0n) is 22.6. The summed E-state index contributed by atoms with van der Waals surface area (Å²) in [5, 5.41) is 3.08. The number of piperidine rings is 1. The molecule has 11 nitrogen and oxygen atoms in total. The lowest BCUT2D eigenvalue weighted by molar-refractivity contribution is 0.111. The molecule has 0 radical (unpaired) electrons. The van der Waals surface area contributed by atoms with E-state index in [4.69, 9.17) is 5.73 Å². The number of likely N-dealkylation sites (tertiary alicyclic amines) is 3. The van der Waals surface area contributed by atoms with E-state index in [-0.39, 0.29) is 54.5 Å². The normalized spacial score (nSPS) is 22.5. The van der Waals surface area contributed by atoms with Gasteiger partial charge in [-0.1, -0.05) is 12.1 Å². The van der Waals surface area contributed by atoms with Crippen LogP contribution in [0.2, 0.25) is 0 Å². The molecule has 3 saturated heterocycles. The summed E-state index contributed by atoms with van der Waals surface area (Å²) in [6, 6.07) is 6.82. The summed E-state index contributed by atoms with van der Waals surface area (Å²) in [5.74, 6) is -2.23. The van der Waals surface area contributed by atoms with Crippen LogP contribution in [-0.2, 0) is 0 Å². The van der Waals surface area contributed by atoms with E-state index in [0.717, 1.165) is 11.6 Å². The van der Waals surface area contributed by atoms with Crippen LogP contribution in [0.5, 0.6) is 0 Å². The number of carbonyl (C=O) groups excluding carboxylic acids is 2. The van der Waals surface area contributed by atoms with Gasteiger partial charge >= 0.3 is 17.8 Å². The fourth-order valence-corrected chi connectivity index (χ4v) is 6.34. The third-order valence-corrected chi connectivity index (χ3v) is 8.55. The predicted molar refractivity (Wildman–Crippen MR) is 147 cm³/mol. The van der Waals surface area contributed by atoms with Crippen LogP contribution in [0.15, 0.2) is 41.3 Å². The molecule has 218 valence electrons. The highest BCUT2D eigenvalue weighted by Crippen LogP contribution is 2.31.